The molecule has 1 aromatic carbocycles. The Morgan fingerprint density at radius 3 is 2.45 bits per heavy atom. The van der Waals surface area contributed by atoms with Crippen LogP contribution in [-0.4, -0.2) is 41.3 Å². The van der Waals surface area contributed by atoms with Crippen molar-refractivity contribution in [1.29, 1.82) is 0 Å². The predicted molar refractivity (Wildman–Crippen MR) is 112 cm³/mol. The van der Waals surface area contributed by atoms with E-state index < -0.39 is 23.8 Å². The summed E-state index contributed by atoms with van der Waals surface area (Å²) < 4.78 is 16.7. The Morgan fingerprint density at radius 1 is 1.14 bits per heavy atom. The van der Waals surface area contributed by atoms with Crippen LogP contribution in [0, 0.1) is 5.92 Å². The van der Waals surface area contributed by atoms with Crippen LogP contribution in [-0.2, 0) is 41.6 Å². The Balaban J connectivity index is 2.48. The highest BCUT2D eigenvalue weighted by Gasteiger charge is 2.27. The minimum absolute atomic E-state index is 0.00152. The zero-order chi connectivity index (χ0) is 21.6. The molecule has 29 heavy (non-hydrogen) atoms. The molecule has 0 bridgehead atoms. The van der Waals surface area contributed by atoms with Crippen molar-refractivity contribution in [3.8, 4) is 0 Å². The number of carbonyl (C=O) groups is 3. The molecular weight excluding hydrogens is 512 g/mol. The van der Waals surface area contributed by atoms with Crippen molar-refractivity contribution in [2.75, 3.05) is 13.2 Å². The fraction of sp³-hybridized carbons (Fsp3) is 0.474. The largest absolute Gasteiger partial charge is 0.466 e. The van der Waals surface area contributed by atoms with E-state index in [0.717, 1.165) is 10.9 Å². The molecule has 0 radical (unpaired) electrons. The molecule has 1 aromatic heterocycles. The van der Waals surface area contributed by atoms with Gasteiger partial charge in [0.1, 0.15) is 16.7 Å². The molecule has 1 unspecified atom stereocenters. The highest BCUT2D eigenvalue weighted by atomic mass is 79.9. The number of hydrogen-bond donors (Lipinski definition) is 1. The van der Waals surface area contributed by atoms with Gasteiger partial charge in [-0.3, -0.25) is 19.5 Å². The van der Waals surface area contributed by atoms with Gasteiger partial charge in [-0.25, -0.2) is 0 Å². The van der Waals surface area contributed by atoms with Crippen LogP contribution in [0.4, 0.5) is 0 Å². The minimum atomic E-state index is -0.736. The zero-order valence-corrected chi connectivity index (χ0v) is 19.5. The van der Waals surface area contributed by atoms with E-state index in [1.807, 2.05) is 6.07 Å². The summed E-state index contributed by atoms with van der Waals surface area (Å²) in [4.78, 5) is 35.9. The summed E-state index contributed by atoms with van der Waals surface area (Å²) in [7, 11) is 0. The van der Waals surface area contributed by atoms with Gasteiger partial charge in [0.25, 0.3) is 0 Å². The van der Waals surface area contributed by atoms with E-state index >= 15 is 0 Å². The third-order valence-electron chi connectivity index (χ3n) is 4.16. The number of hydrogen-bond acceptors (Lipinski definition) is 7. The summed E-state index contributed by atoms with van der Waals surface area (Å²) in [5, 5.41) is 7.82. The van der Waals surface area contributed by atoms with Crippen LogP contribution in [0.15, 0.2) is 15.1 Å². The summed E-state index contributed by atoms with van der Waals surface area (Å²) in [5.41, 5.74) is 2.08. The third-order valence-corrected chi connectivity index (χ3v) is 5.34. The van der Waals surface area contributed by atoms with Crippen LogP contribution >= 0.6 is 31.9 Å². The first-order chi connectivity index (χ1) is 13.8. The average molecular weight is 534 g/mol. The lowest BCUT2D eigenvalue weighted by Gasteiger charge is -2.18. The molecule has 0 fully saturated rings. The van der Waals surface area contributed by atoms with Crippen molar-refractivity contribution >= 4 is 60.7 Å². The number of fused-ring (bicyclic) bond motifs is 1. The first-order valence-corrected chi connectivity index (χ1v) is 10.7. The zero-order valence-electron chi connectivity index (χ0n) is 16.3. The molecule has 0 aliphatic heterocycles. The first kappa shape index (κ1) is 23.3. The van der Waals surface area contributed by atoms with Crippen molar-refractivity contribution in [3.05, 3.63) is 26.3 Å². The second-order valence-corrected chi connectivity index (χ2v) is 7.85. The fourth-order valence-electron chi connectivity index (χ4n) is 2.94. The molecule has 2 aromatic rings. The lowest BCUT2D eigenvalue weighted by Crippen LogP contribution is -2.25. The van der Waals surface area contributed by atoms with Gasteiger partial charge in [0.05, 0.1) is 25.6 Å². The first-order valence-electron chi connectivity index (χ1n) is 9.07. The van der Waals surface area contributed by atoms with E-state index in [1.165, 1.54) is 6.92 Å². The lowest BCUT2D eigenvalue weighted by atomic mass is 9.92. The van der Waals surface area contributed by atoms with Gasteiger partial charge >= 0.3 is 17.9 Å². The normalized spacial score (nSPS) is 11.9. The van der Waals surface area contributed by atoms with Crippen LogP contribution in [0.2, 0.25) is 0 Å². The van der Waals surface area contributed by atoms with Gasteiger partial charge in [-0.2, -0.15) is 5.10 Å². The monoisotopic (exact) mass is 532 g/mol. The SMILES string of the molecule is CCOC(=O)CC(Cc1cc(Br)c2n[nH]c(Br)c2c1COC(C)=O)C(=O)OCC. The molecule has 1 atom stereocenters. The van der Waals surface area contributed by atoms with Crippen molar-refractivity contribution in [2.45, 2.75) is 40.2 Å². The summed E-state index contributed by atoms with van der Waals surface area (Å²) in [6.07, 6.45) is 0.0995. The maximum atomic E-state index is 12.5. The maximum absolute atomic E-state index is 12.5. The molecule has 1 heterocycles. The van der Waals surface area contributed by atoms with Crippen LogP contribution in [0.5, 0.6) is 0 Å². The molecule has 158 valence electrons. The third kappa shape index (κ3) is 6.02. The number of aromatic amines is 1. The molecule has 8 nitrogen and oxygen atoms in total. The van der Waals surface area contributed by atoms with Crippen LogP contribution in [0.3, 0.4) is 0 Å². The smallest absolute Gasteiger partial charge is 0.309 e. The molecule has 0 aliphatic rings. The van der Waals surface area contributed by atoms with Gasteiger partial charge in [-0.1, -0.05) is 0 Å². The molecule has 0 aliphatic carbocycles. The molecule has 2 rings (SSSR count). The summed E-state index contributed by atoms with van der Waals surface area (Å²) >= 11 is 6.92. The fourth-order valence-corrected chi connectivity index (χ4v) is 4.02. The second kappa shape index (κ2) is 10.7. The van der Waals surface area contributed by atoms with Crippen LogP contribution in [0.25, 0.3) is 10.9 Å². The summed E-state index contributed by atoms with van der Waals surface area (Å²) in [6.45, 7) is 5.16. The van der Waals surface area contributed by atoms with Crippen molar-refractivity contribution < 1.29 is 28.6 Å². The predicted octanol–water partition coefficient (Wildman–Crippen LogP) is 3.83. The number of nitrogens with one attached hydrogen (secondary N) is 1. The number of ether oxygens (including phenoxy) is 3. The van der Waals surface area contributed by atoms with Crippen molar-refractivity contribution in [1.82, 2.24) is 10.2 Å². The average Bonchev–Trinajstić information content (AvgIpc) is 3.03. The van der Waals surface area contributed by atoms with E-state index in [-0.39, 0.29) is 32.7 Å². The number of aromatic nitrogens is 2. The minimum Gasteiger partial charge on any atom is -0.466 e. The van der Waals surface area contributed by atoms with E-state index in [0.29, 0.717) is 20.2 Å². The van der Waals surface area contributed by atoms with Crippen molar-refractivity contribution in [2.24, 2.45) is 5.92 Å². The molecule has 0 amide bonds. The second-order valence-electron chi connectivity index (χ2n) is 6.20. The Hall–Kier alpha value is -1.94. The quantitative estimate of drug-likeness (QED) is 0.385. The van der Waals surface area contributed by atoms with E-state index in [4.69, 9.17) is 14.2 Å². The van der Waals surface area contributed by atoms with E-state index in [9.17, 15) is 14.4 Å². The number of benzene rings is 1. The van der Waals surface area contributed by atoms with Gasteiger partial charge < -0.3 is 14.2 Å². The molecule has 0 saturated heterocycles. The van der Waals surface area contributed by atoms with E-state index in [1.54, 1.807) is 13.8 Å². The highest BCUT2D eigenvalue weighted by Crippen LogP contribution is 2.35. The van der Waals surface area contributed by atoms with Gasteiger partial charge in [0.15, 0.2) is 0 Å². The highest BCUT2D eigenvalue weighted by molar-refractivity contribution is 9.11. The number of rotatable bonds is 9. The standard InChI is InChI=1S/C19H22Br2N2O6/c1-4-27-15(25)8-12(19(26)28-5-2)6-11-7-14(20)17-16(18(21)23-22-17)13(11)9-29-10(3)24/h7,12H,4-6,8-9H2,1-3H3,(H,22,23). The van der Waals surface area contributed by atoms with Crippen LogP contribution in [0.1, 0.15) is 38.3 Å². The summed E-state index contributed by atoms with van der Waals surface area (Å²) in [5.74, 6) is -2.13. The molecule has 0 saturated carbocycles. The number of esters is 3. The number of nitrogens with zero attached hydrogens (tertiary/aromatic N) is 1. The van der Waals surface area contributed by atoms with Crippen LogP contribution < -0.4 is 0 Å². The Labute approximate surface area is 184 Å². The van der Waals surface area contributed by atoms with Gasteiger partial charge in [-0.15, -0.1) is 0 Å². The van der Waals surface area contributed by atoms with Crippen molar-refractivity contribution in [3.63, 3.8) is 0 Å². The molecule has 1 N–H and O–H groups in total. The Kier molecular flexibility index (Phi) is 8.63. The number of halogens is 2. The van der Waals surface area contributed by atoms with E-state index in [2.05, 4.69) is 42.1 Å². The number of carbonyl (C=O) groups excluding carboxylic acids is 3. The molecule has 10 heteroatoms. The molecule has 0 spiro atoms. The molecular formula is C19H22Br2N2O6. The Morgan fingerprint density at radius 2 is 1.83 bits per heavy atom. The topological polar surface area (TPSA) is 108 Å². The Bertz CT molecular complexity index is 912. The van der Waals surface area contributed by atoms with Gasteiger partial charge in [-0.05, 0) is 63.8 Å². The van der Waals surface area contributed by atoms with Gasteiger partial charge in [0.2, 0.25) is 0 Å². The lowest BCUT2D eigenvalue weighted by molar-refractivity contribution is -0.154. The number of H-pyrrole nitrogens is 1. The summed E-state index contributed by atoms with van der Waals surface area (Å²) in [6, 6.07) is 1.81. The maximum Gasteiger partial charge on any atom is 0.309 e. The van der Waals surface area contributed by atoms with Gasteiger partial charge in [0, 0.05) is 22.3 Å².